The number of carbonyl (C=O) groups excluding carboxylic acids is 1. The Morgan fingerprint density at radius 3 is 2.56 bits per heavy atom. The predicted octanol–water partition coefficient (Wildman–Crippen LogP) is 2.86. The highest BCUT2D eigenvalue weighted by atomic mass is 16.2. The van der Waals surface area contributed by atoms with Crippen molar-refractivity contribution in [2.24, 2.45) is 0 Å². The number of rotatable bonds is 6. The molecule has 0 fully saturated rings. The highest BCUT2D eigenvalue weighted by Crippen LogP contribution is 2.31. The van der Waals surface area contributed by atoms with Gasteiger partial charge in [0.2, 0.25) is 5.91 Å². The average Bonchev–Trinajstić information content (AvgIpc) is 2.94. The Morgan fingerprint density at radius 2 is 1.84 bits per heavy atom. The summed E-state index contributed by atoms with van der Waals surface area (Å²) in [6.07, 6.45) is 0.937. The maximum absolute atomic E-state index is 12.8. The molecule has 0 saturated heterocycles. The summed E-state index contributed by atoms with van der Waals surface area (Å²) in [5.41, 5.74) is 3.58. The third kappa shape index (κ3) is 3.91. The van der Waals surface area contributed by atoms with Crippen LogP contribution in [-0.2, 0) is 11.2 Å². The molecule has 0 bridgehead atoms. The zero-order valence-electron chi connectivity index (χ0n) is 15.3. The highest BCUT2D eigenvalue weighted by Gasteiger charge is 2.30. The van der Waals surface area contributed by atoms with Gasteiger partial charge in [-0.3, -0.25) is 4.79 Å². The third-order valence-electron chi connectivity index (χ3n) is 4.90. The molecular formula is C21H27N3O. The number of benzene rings is 2. The van der Waals surface area contributed by atoms with Crippen LogP contribution in [0.4, 0.5) is 5.69 Å². The Balaban J connectivity index is 1.61. The van der Waals surface area contributed by atoms with Gasteiger partial charge in [0.25, 0.3) is 0 Å². The van der Waals surface area contributed by atoms with Crippen molar-refractivity contribution in [3.63, 3.8) is 0 Å². The maximum atomic E-state index is 12.8. The van der Waals surface area contributed by atoms with Crippen molar-refractivity contribution in [1.29, 1.82) is 0 Å². The quantitative estimate of drug-likeness (QED) is 0.880. The number of carbonyl (C=O) groups is 1. The largest absolute Gasteiger partial charge is 0.308 e. The molecule has 25 heavy (non-hydrogen) atoms. The minimum Gasteiger partial charge on any atom is -0.308 e. The third-order valence-corrected chi connectivity index (χ3v) is 4.90. The summed E-state index contributed by atoms with van der Waals surface area (Å²) < 4.78 is 0. The molecule has 132 valence electrons. The molecule has 1 N–H and O–H groups in total. The molecule has 0 saturated carbocycles. The summed E-state index contributed by atoms with van der Waals surface area (Å²) in [7, 11) is 4.14. The number of amides is 1. The maximum Gasteiger partial charge on any atom is 0.241 e. The monoisotopic (exact) mass is 337 g/mol. The van der Waals surface area contributed by atoms with Gasteiger partial charge in [-0.1, -0.05) is 48.5 Å². The fraction of sp³-hybridized carbons (Fsp3) is 0.381. The van der Waals surface area contributed by atoms with E-state index in [1.165, 1.54) is 11.1 Å². The topological polar surface area (TPSA) is 35.6 Å². The molecule has 0 aliphatic carbocycles. The van der Waals surface area contributed by atoms with Crippen LogP contribution in [0.5, 0.6) is 0 Å². The number of nitrogens with one attached hydrogen (secondary N) is 1. The van der Waals surface area contributed by atoms with Crippen molar-refractivity contribution < 1.29 is 4.79 Å². The second-order valence-corrected chi connectivity index (χ2v) is 6.97. The van der Waals surface area contributed by atoms with Crippen LogP contribution in [0, 0.1) is 0 Å². The van der Waals surface area contributed by atoms with E-state index in [1.807, 2.05) is 29.2 Å². The van der Waals surface area contributed by atoms with Crippen LogP contribution in [0.25, 0.3) is 0 Å². The molecule has 1 heterocycles. The van der Waals surface area contributed by atoms with Crippen LogP contribution in [0.15, 0.2) is 54.6 Å². The Labute approximate surface area is 150 Å². The molecule has 0 spiro atoms. The Kier molecular flexibility index (Phi) is 5.51. The number of nitrogens with zero attached hydrogens (tertiary/aromatic N) is 2. The van der Waals surface area contributed by atoms with Crippen LogP contribution in [0.1, 0.15) is 24.1 Å². The predicted molar refractivity (Wildman–Crippen MR) is 103 cm³/mol. The van der Waals surface area contributed by atoms with Gasteiger partial charge in [0.15, 0.2) is 0 Å². The van der Waals surface area contributed by atoms with E-state index in [9.17, 15) is 4.79 Å². The molecule has 2 atom stereocenters. The zero-order valence-corrected chi connectivity index (χ0v) is 15.3. The number of likely N-dealkylation sites (N-methyl/N-ethyl adjacent to an activating group) is 1. The zero-order chi connectivity index (χ0) is 17.8. The second kappa shape index (κ2) is 7.81. The van der Waals surface area contributed by atoms with E-state index in [1.54, 1.807) is 0 Å². The summed E-state index contributed by atoms with van der Waals surface area (Å²) >= 11 is 0. The smallest absolute Gasteiger partial charge is 0.241 e. The van der Waals surface area contributed by atoms with Crippen molar-refractivity contribution in [3.8, 4) is 0 Å². The van der Waals surface area contributed by atoms with E-state index >= 15 is 0 Å². The molecule has 3 rings (SSSR count). The van der Waals surface area contributed by atoms with Gasteiger partial charge in [-0.2, -0.15) is 0 Å². The van der Waals surface area contributed by atoms with Gasteiger partial charge in [-0.15, -0.1) is 0 Å². The van der Waals surface area contributed by atoms with Crippen molar-refractivity contribution in [2.45, 2.75) is 25.4 Å². The Hall–Kier alpha value is -2.17. The summed E-state index contributed by atoms with van der Waals surface area (Å²) in [4.78, 5) is 16.9. The van der Waals surface area contributed by atoms with Gasteiger partial charge >= 0.3 is 0 Å². The lowest BCUT2D eigenvalue weighted by Gasteiger charge is -2.27. The first-order valence-electron chi connectivity index (χ1n) is 8.90. The van der Waals surface area contributed by atoms with Gasteiger partial charge in [-0.25, -0.2) is 0 Å². The molecule has 2 aromatic carbocycles. The summed E-state index contributed by atoms with van der Waals surface area (Å²) in [6, 6.07) is 19.1. The summed E-state index contributed by atoms with van der Waals surface area (Å²) in [5.74, 6) is 0.142. The van der Waals surface area contributed by atoms with Crippen LogP contribution >= 0.6 is 0 Å². The fourth-order valence-corrected chi connectivity index (χ4v) is 3.62. The SMILES string of the molecule is C[C@H]1Cc2ccccc2N1C(=O)CNC[C@H](c1ccccc1)N(C)C. The van der Waals surface area contributed by atoms with E-state index in [4.69, 9.17) is 0 Å². The standard InChI is InChI=1S/C21H27N3O/c1-16-13-18-11-7-8-12-19(18)24(16)21(25)15-22-14-20(23(2)3)17-9-5-4-6-10-17/h4-12,16,20,22H,13-15H2,1-3H3/t16-,20+/m0/s1. The molecule has 1 aliphatic rings. The molecule has 0 aromatic heterocycles. The highest BCUT2D eigenvalue weighted by molar-refractivity contribution is 5.97. The molecule has 4 nitrogen and oxygen atoms in total. The molecule has 1 aliphatic heterocycles. The first kappa shape index (κ1) is 17.6. The van der Waals surface area contributed by atoms with Crippen LogP contribution in [-0.4, -0.2) is 44.0 Å². The van der Waals surface area contributed by atoms with Gasteiger partial charge in [0, 0.05) is 24.3 Å². The van der Waals surface area contributed by atoms with Crippen LogP contribution in [0.3, 0.4) is 0 Å². The second-order valence-electron chi connectivity index (χ2n) is 6.97. The molecular weight excluding hydrogens is 310 g/mol. The van der Waals surface area contributed by atoms with Gasteiger partial charge in [0.1, 0.15) is 0 Å². The van der Waals surface area contributed by atoms with Crippen molar-refractivity contribution in [2.75, 3.05) is 32.1 Å². The van der Waals surface area contributed by atoms with Crippen molar-refractivity contribution >= 4 is 11.6 Å². The molecule has 1 amide bonds. The van der Waals surface area contributed by atoms with Gasteiger partial charge in [0.05, 0.1) is 6.54 Å². The molecule has 4 heteroatoms. The minimum atomic E-state index is 0.142. The number of fused-ring (bicyclic) bond motifs is 1. The van der Waals surface area contributed by atoms with Gasteiger partial charge in [-0.05, 0) is 44.6 Å². The van der Waals surface area contributed by atoms with Crippen molar-refractivity contribution in [3.05, 3.63) is 65.7 Å². The van der Waals surface area contributed by atoms with Gasteiger partial charge < -0.3 is 15.1 Å². The first-order chi connectivity index (χ1) is 12.1. The minimum absolute atomic E-state index is 0.142. The lowest BCUT2D eigenvalue weighted by Crippen LogP contribution is -2.43. The van der Waals surface area contributed by atoms with E-state index in [-0.39, 0.29) is 18.0 Å². The van der Waals surface area contributed by atoms with Crippen LogP contribution in [0.2, 0.25) is 0 Å². The molecule has 2 aromatic rings. The molecule has 0 unspecified atom stereocenters. The normalized spacial score (nSPS) is 17.6. The van der Waals surface area contributed by atoms with E-state index in [0.29, 0.717) is 6.54 Å². The summed E-state index contributed by atoms with van der Waals surface area (Å²) in [5, 5.41) is 3.36. The van der Waals surface area contributed by atoms with Crippen molar-refractivity contribution in [1.82, 2.24) is 10.2 Å². The number of hydrogen-bond acceptors (Lipinski definition) is 3. The summed E-state index contributed by atoms with van der Waals surface area (Å²) in [6.45, 7) is 3.22. The lowest BCUT2D eigenvalue weighted by molar-refractivity contribution is -0.118. The fourth-order valence-electron chi connectivity index (χ4n) is 3.62. The Morgan fingerprint density at radius 1 is 1.16 bits per heavy atom. The number of anilines is 1. The van der Waals surface area contributed by atoms with E-state index in [0.717, 1.165) is 18.7 Å². The number of para-hydroxylation sites is 1. The van der Waals surface area contributed by atoms with E-state index < -0.39 is 0 Å². The van der Waals surface area contributed by atoms with Crippen LogP contribution < -0.4 is 10.2 Å². The lowest BCUT2D eigenvalue weighted by atomic mass is 10.1. The van der Waals surface area contributed by atoms with E-state index in [2.05, 4.69) is 61.6 Å². The average molecular weight is 337 g/mol. The molecule has 0 radical (unpaired) electrons. The first-order valence-corrected chi connectivity index (χ1v) is 8.90. The Bertz CT molecular complexity index is 714. The number of hydrogen-bond donors (Lipinski definition) is 1.